The van der Waals surface area contributed by atoms with Gasteiger partial charge in [0.25, 0.3) is 5.91 Å². The zero-order valence-corrected chi connectivity index (χ0v) is 22.4. The Kier molecular flexibility index (Phi) is 8.15. The predicted molar refractivity (Wildman–Crippen MR) is 143 cm³/mol. The van der Waals surface area contributed by atoms with Crippen LogP contribution in [-0.2, 0) is 14.3 Å². The number of likely N-dealkylation sites (N-methyl/N-ethyl adjacent to an activating group) is 1. The highest BCUT2D eigenvalue weighted by Gasteiger charge is 2.53. The summed E-state index contributed by atoms with van der Waals surface area (Å²) in [5, 5.41) is 3.10. The summed E-state index contributed by atoms with van der Waals surface area (Å²) in [5.41, 5.74) is 1.69. The number of hydrogen-bond acceptors (Lipinski definition) is 6. The van der Waals surface area contributed by atoms with E-state index in [9.17, 15) is 14.4 Å². The summed E-state index contributed by atoms with van der Waals surface area (Å²) in [6.45, 7) is 10.1. The number of nitrogens with one attached hydrogen (secondary N) is 1. The van der Waals surface area contributed by atoms with Crippen molar-refractivity contribution in [3.05, 3.63) is 29.8 Å². The van der Waals surface area contributed by atoms with Crippen molar-refractivity contribution in [2.45, 2.75) is 70.6 Å². The number of benzene rings is 1. The van der Waals surface area contributed by atoms with Gasteiger partial charge in [-0.05, 0) is 56.0 Å². The fourth-order valence-electron chi connectivity index (χ4n) is 6.83. The number of piperazine rings is 1. The minimum Gasteiger partial charge on any atom is -0.369 e. The third-order valence-corrected chi connectivity index (χ3v) is 8.97. The molecule has 1 N–H and O–H groups in total. The monoisotopic (exact) mass is 510 g/mol. The molecule has 1 aromatic carbocycles. The Bertz CT molecular complexity index is 969. The number of ketones is 1. The van der Waals surface area contributed by atoms with Gasteiger partial charge < -0.3 is 24.8 Å². The number of ether oxygens (including phenoxy) is 1. The number of anilines is 1. The first kappa shape index (κ1) is 26.2. The van der Waals surface area contributed by atoms with Crippen molar-refractivity contribution in [3.8, 4) is 0 Å². The van der Waals surface area contributed by atoms with Crippen molar-refractivity contribution in [1.29, 1.82) is 0 Å². The molecule has 0 spiro atoms. The van der Waals surface area contributed by atoms with Gasteiger partial charge in [-0.25, -0.2) is 0 Å². The average Bonchev–Trinajstić information content (AvgIpc) is 3.67. The molecule has 0 aromatic heterocycles. The molecule has 4 atom stereocenters. The van der Waals surface area contributed by atoms with Crippen LogP contribution in [-0.4, -0.2) is 91.5 Å². The van der Waals surface area contributed by atoms with E-state index in [0.29, 0.717) is 12.1 Å². The van der Waals surface area contributed by atoms with Gasteiger partial charge in [0, 0.05) is 49.9 Å². The lowest BCUT2D eigenvalue weighted by Gasteiger charge is -2.35. The molecule has 3 heterocycles. The van der Waals surface area contributed by atoms with Gasteiger partial charge in [0.05, 0.1) is 6.10 Å². The molecule has 4 aliphatic rings. The largest absolute Gasteiger partial charge is 0.369 e. The molecule has 3 saturated heterocycles. The number of likely N-dealkylation sites (tertiary alicyclic amines) is 1. The van der Waals surface area contributed by atoms with Gasteiger partial charge in [-0.1, -0.05) is 33.1 Å². The maximum Gasteiger partial charge on any atom is 0.251 e. The van der Waals surface area contributed by atoms with Crippen molar-refractivity contribution >= 4 is 23.3 Å². The van der Waals surface area contributed by atoms with E-state index in [1.54, 1.807) is 4.90 Å². The van der Waals surface area contributed by atoms with Crippen LogP contribution in [0.5, 0.6) is 0 Å². The normalized spacial score (nSPS) is 27.5. The van der Waals surface area contributed by atoms with Crippen molar-refractivity contribution in [2.75, 3.05) is 50.8 Å². The van der Waals surface area contributed by atoms with E-state index >= 15 is 0 Å². The molecule has 4 fully saturated rings. The lowest BCUT2D eigenvalue weighted by atomic mass is 9.95. The topological polar surface area (TPSA) is 82.2 Å². The number of amides is 2. The molecule has 0 bridgehead atoms. The number of nitrogens with zero attached hydrogens (tertiary/aromatic N) is 3. The molecule has 1 saturated carbocycles. The van der Waals surface area contributed by atoms with Crippen molar-refractivity contribution < 1.29 is 19.1 Å². The second-order valence-electron chi connectivity index (χ2n) is 11.2. The predicted octanol–water partition coefficient (Wildman–Crippen LogP) is 2.71. The van der Waals surface area contributed by atoms with Gasteiger partial charge in [0.2, 0.25) is 5.91 Å². The first-order valence-corrected chi connectivity index (χ1v) is 14.3. The molecule has 37 heavy (non-hydrogen) atoms. The van der Waals surface area contributed by atoms with E-state index in [0.717, 1.165) is 76.9 Å². The molecule has 1 aliphatic carbocycles. The molecular weight excluding hydrogens is 468 g/mol. The van der Waals surface area contributed by atoms with Crippen molar-refractivity contribution in [2.24, 2.45) is 11.8 Å². The Morgan fingerprint density at radius 3 is 2.41 bits per heavy atom. The standard InChI is InChI=1S/C29H42N4O4/c1-3-7-22-18-33(26-24(34)19-37-27(22)26)29(36)25(20-8-5-6-9-20)30-28(35)21-10-12-23(13-11-21)32-16-14-31(4-2)15-17-32/h10-13,20,22,25-27H,3-9,14-19H2,1-2H3,(H,30,35). The summed E-state index contributed by atoms with van der Waals surface area (Å²) in [6.07, 6.45) is 5.68. The van der Waals surface area contributed by atoms with Gasteiger partial charge in [-0.15, -0.1) is 0 Å². The van der Waals surface area contributed by atoms with Crippen LogP contribution in [0.1, 0.15) is 62.7 Å². The number of Topliss-reactive ketones (excluding diaryl/α,β-unsaturated/α-hetero) is 1. The van der Waals surface area contributed by atoms with Crippen LogP contribution in [0.15, 0.2) is 24.3 Å². The van der Waals surface area contributed by atoms with Crippen molar-refractivity contribution in [3.63, 3.8) is 0 Å². The number of hydrogen-bond donors (Lipinski definition) is 1. The van der Waals surface area contributed by atoms with Gasteiger partial charge in [0.15, 0.2) is 5.78 Å². The lowest BCUT2D eigenvalue weighted by molar-refractivity contribution is -0.139. The molecular formula is C29H42N4O4. The Morgan fingerprint density at radius 1 is 1.05 bits per heavy atom. The van der Waals surface area contributed by atoms with Gasteiger partial charge >= 0.3 is 0 Å². The molecule has 5 rings (SSSR count). The van der Waals surface area contributed by atoms with Gasteiger partial charge in [0.1, 0.15) is 18.7 Å². The minimum absolute atomic E-state index is 0.0104. The van der Waals surface area contributed by atoms with Crippen LogP contribution in [0.2, 0.25) is 0 Å². The summed E-state index contributed by atoms with van der Waals surface area (Å²) in [6, 6.07) is 6.65. The fourth-order valence-corrected chi connectivity index (χ4v) is 6.83. The smallest absolute Gasteiger partial charge is 0.251 e. The van der Waals surface area contributed by atoms with Crippen molar-refractivity contribution in [1.82, 2.24) is 15.1 Å². The third-order valence-electron chi connectivity index (χ3n) is 8.97. The highest BCUT2D eigenvalue weighted by atomic mass is 16.5. The summed E-state index contributed by atoms with van der Waals surface area (Å²) < 4.78 is 5.83. The van der Waals surface area contributed by atoms with Gasteiger partial charge in [-0.2, -0.15) is 0 Å². The summed E-state index contributed by atoms with van der Waals surface area (Å²) in [4.78, 5) is 46.5. The maximum absolute atomic E-state index is 13.9. The van der Waals surface area contributed by atoms with E-state index in [-0.39, 0.29) is 42.1 Å². The van der Waals surface area contributed by atoms with E-state index < -0.39 is 12.1 Å². The number of carbonyl (C=O) groups is 3. The second-order valence-corrected chi connectivity index (χ2v) is 11.2. The quantitative estimate of drug-likeness (QED) is 0.579. The Morgan fingerprint density at radius 2 is 1.76 bits per heavy atom. The zero-order chi connectivity index (χ0) is 25.9. The number of fused-ring (bicyclic) bond motifs is 1. The number of carbonyl (C=O) groups excluding carboxylic acids is 3. The maximum atomic E-state index is 13.9. The van der Waals surface area contributed by atoms with E-state index in [2.05, 4.69) is 29.0 Å². The number of rotatable bonds is 8. The van der Waals surface area contributed by atoms with Crippen LogP contribution in [0.25, 0.3) is 0 Å². The SMILES string of the molecule is CCCC1CN(C(=O)C(NC(=O)c2ccc(N3CCN(CC)CC3)cc2)C2CCCC2)C2C(=O)COC12. The molecule has 3 aliphatic heterocycles. The minimum atomic E-state index is -0.605. The second kappa shape index (κ2) is 11.5. The van der Waals surface area contributed by atoms with Gasteiger partial charge in [-0.3, -0.25) is 14.4 Å². The molecule has 2 amide bonds. The fraction of sp³-hybridized carbons (Fsp3) is 0.690. The van der Waals surface area contributed by atoms with Crippen LogP contribution >= 0.6 is 0 Å². The van der Waals surface area contributed by atoms with Crippen LogP contribution < -0.4 is 10.2 Å². The first-order chi connectivity index (χ1) is 18.0. The first-order valence-electron chi connectivity index (χ1n) is 14.3. The molecule has 4 unspecified atom stereocenters. The molecule has 8 nitrogen and oxygen atoms in total. The third kappa shape index (κ3) is 5.41. The molecule has 202 valence electrons. The zero-order valence-electron chi connectivity index (χ0n) is 22.4. The van der Waals surface area contributed by atoms with Crippen LogP contribution in [0.4, 0.5) is 5.69 Å². The summed E-state index contributed by atoms with van der Waals surface area (Å²) in [7, 11) is 0. The molecule has 0 radical (unpaired) electrons. The average molecular weight is 511 g/mol. The Balaban J connectivity index is 1.29. The lowest BCUT2D eigenvalue weighted by Crippen LogP contribution is -2.54. The summed E-state index contributed by atoms with van der Waals surface area (Å²) in [5.74, 6) is -0.0619. The Labute approximate surface area is 220 Å². The van der Waals surface area contributed by atoms with E-state index in [1.807, 2.05) is 24.3 Å². The highest BCUT2D eigenvalue weighted by molar-refractivity contribution is 5.99. The van der Waals surface area contributed by atoms with E-state index in [1.165, 1.54) is 0 Å². The molecule has 1 aromatic rings. The highest BCUT2D eigenvalue weighted by Crippen LogP contribution is 2.36. The van der Waals surface area contributed by atoms with Crippen LogP contribution in [0, 0.1) is 11.8 Å². The summed E-state index contributed by atoms with van der Waals surface area (Å²) >= 11 is 0. The van der Waals surface area contributed by atoms with E-state index in [4.69, 9.17) is 4.74 Å². The van der Waals surface area contributed by atoms with Crippen LogP contribution in [0.3, 0.4) is 0 Å². The molecule has 8 heteroatoms. The Hall–Kier alpha value is -2.45.